The molecule has 3 aromatic rings. The number of anilines is 2. The average molecular weight is 497 g/mol. The van der Waals surface area contributed by atoms with Crippen LogP contribution in [0.5, 0.6) is 11.5 Å². The molecule has 2 amide bonds. The number of phenols is 1. The second kappa shape index (κ2) is 10.5. The molecular weight excluding hydrogens is 477 g/mol. The van der Waals surface area contributed by atoms with E-state index in [1.165, 1.54) is 30.3 Å². The van der Waals surface area contributed by atoms with Crippen LogP contribution in [0.1, 0.15) is 44.9 Å². The summed E-state index contributed by atoms with van der Waals surface area (Å²) in [5.41, 5.74) is -0.991. The Morgan fingerprint density at radius 3 is 2.22 bits per heavy atom. The normalized spacial score (nSPS) is 10.6. The van der Waals surface area contributed by atoms with E-state index in [1.54, 1.807) is 13.8 Å². The average Bonchev–Trinajstić information content (AvgIpc) is 2.79. The Labute approximate surface area is 203 Å². The number of non-ortho nitro benzene ring substituents is 1. The van der Waals surface area contributed by atoms with Crippen LogP contribution in [0.25, 0.3) is 0 Å². The quantitative estimate of drug-likeness (QED) is 0.262. The lowest BCUT2D eigenvalue weighted by Gasteiger charge is -2.16. The van der Waals surface area contributed by atoms with E-state index in [0.717, 1.165) is 18.2 Å². The topological polar surface area (TPSA) is 168 Å². The molecule has 3 aromatic carbocycles. The summed E-state index contributed by atoms with van der Waals surface area (Å²) in [4.78, 5) is 46.3. The molecule has 0 bridgehead atoms. The van der Waals surface area contributed by atoms with E-state index in [0.29, 0.717) is 6.07 Å². The Hall–Kier alpha value is -5.00. The van der Waals surface area contributed by atoms with E-state index in [1.807, 2.05) is 0 Å². The van der Waals surface area contributed by atoms with Crippen molar-refractivity contribution in [1.29, 1.82) is 0 Å². The van der Waals surface area contributed by atoms with Crippen LogP contribution in [0, 0.1) is 15.9 Å². The SMILES string of the molecule is CC(C)Oc1cc(C(=O)O)ccc1NC(=O)c1ccc(NC(=O)c2ccc([N+](=O)[O-])cc2F)cc1O. The van der Waals surface area contributed by atoms with Gasteiger partial charge in [-0.15, -0.1) is 0 Å². The lowest BCUT2D eigenvalue weighted by Crippen LogP contribution is -2.16. The Morgan fingerprint density at radius 2 is 1.64 bits per heavy atom. The zero-order chi connectivity index (χ0) is 26.6. The minimum Gasteiger partial charge on any atom is -0.507 e. The monoisotopic (exact) mass is 497 g/mol. The van der Waals surface area contributed by atoms with Crippen molar-refractivity contribution in [3.8, 4) is 11.5 Å². The molecule has 0 aliphatic rings. The molecule has 186 valence electrons. The Kier molecular flexibility index (Phi) is 7.48. The number of halogens is 1. The van der Waals surface area contributed by atoms with Crippen molar-refractivity contribution >= 4 is 34.8 Å². The van der Waals surface area contributed by atoms with Crippen molar-refractivity contribution in [3.63, 3.8) is 0 Å². The standard InChI is InChI=1S/C24H20FN3O8/c1-12(2)36-21-9-13(24(32)33)3-8-19(21)27-23(31)17-6-4-14(10-20(17)29)26-22(30)16-7-5-15(28(34)35)11-18(16)25/h3-12,29H,1-2H3,(H,26,30)(H,27,31)(H,32,33). The highest BCUT2D eigenvalue weighted by atomic mass is 19.1. The van der Waals surface area contributed by atoms with E-state index < -0.39 is 45.5 Å². The number of amides is 2. The Balaban J connectivity index is 1.78. The van der Waals surface area contributed by atoms with Crippen LogP contribution in [-0.2, 0) is 0 Å². The van der Waals surface area contributed by atoms with Crippen molar-refractivity contribution in [3.05, 3.63) is 87.2 Å². The second-order valence-corrected chi connectivity index (χ2v) is 7.74. The van der Waals surface area contributed by atoms with Gasteiger partial charge < -0.3 is 25.6 Å². The third kappa shape index (κ3) is 5.91. The van der Waals surface area contributed by atoms with Crippen LogP contribution in [0.2, 0.25) is 0 Å². The first-order valence-electron chi connectivity index (χ1n) is 10.4. The molecule has 3 rings (SSSR count). The van der Waals surface area contributed by atoms with Crippen LogP contribution >= 0.6 is 0 Å². The van der Waals surface area contributed by atoms with E-state index in [-0.39, 0.29) is 34.4 Å². The molecule has 11 nitrogen and oxygen atoms in total. The van der Waals surface area contributed by atoms with Gasteiger partial charge in [-0.25, -0.2) is 9.18 Å². The van der Waals surface area contributed by atoms with Gasteiger partial charge in [-0.05, 0) is 50.2 Å². The third-order valence-electron chi connectivity index (χ3n) is 4.75. The molecule has 12 heteroatoms. The number of carboxylic acids is 1. The van der Waals surface area contributed by atoms with Gasteiger partial charge in [0.25, 0.3) is 17.5 Å². The van der Waals surface area contributed by atoms with Crippen molar-refractivity contribution in [2.24, 2.45) is 0 Å². The highest BCUT2D eigenvalue weighted by Crippen LogP contribution is 2.30. The van der Waals surface area contributed by atoms with E-state index in [9.17, 15) is 39.1 Å². The summed E-state index contributed by atoms with van der Waals surface area (Å²) in [5.74, 6) is -4.34. The summed E-state index contributed by atoms with van der Waals surface area (Å²) in [6.07, 6.45) is -0.318. The molecule has 0 heterocycles. The molecule has 36 heavy (non-hydrogen) atoms. The summed E-state index contributed by atoms with van der Waals surface area (Å²) in [5, 5.41) is 35.1. The zero-order valence-electron chi connectivity index (χ0n) is 18.9. The van der Waals surface area contributed by atoms with Gasteiger partial charge in [-0.2, -0.15) is 0 Å². The van der Waals surface area contributed by atoms with Crippen LogP contribution in [0.4, 0.5) is 21.5 Å². The van der Waals surface area contributed by atoms with Crippen LogP contribution in [0.15, 0.2) is 54.6 Å². The molecule has 0 unspecified atom stereocenters. The van der Waals surface area contributed by atoms with Gasteiger partial charge in [-0.3, -0.25) is 19.7 Å². The maximum absolute atomic E-state index is 14.1. The lowest BCUT2D eigenvalue weighted by atomic mass is 10.1. The maximum atomic E-state index is 14.1. The number of rotatable bonds is 8. The Bertz CT molecular complexity index is 1370. The number of carbonyl (C=O) groups is 3. The number of aromatic carboxylic acids is 1. The first-order chi connectivity index (χ1) is 17.0. The molecular formula is C24H20FN3O8. The molecule has 0 aromatic heterocycles. The van der Waals surface area contributed by atoms with E-state index in [4.69, 9.17) is 4.74 Å². The van der Waals surface area contributed by atoms with Gasteiger partial charge in [-0.1, -0.05) is 0 Å². The molecule has 0 fully saturated rings. The number of nitro benzene ring substituents is 1. The number of hydrogen-bond acceptors (Lipinski definition) is 7. The minimum atomic E-state index is -1.18. The fourth-order valence-corrected chi connectivity index (χ4v) is 3.10. The Morgan fingerprint density at radius 1 is 0.972 bits per heavy atom. The van der Waals surface area contributed by atoms with Crippen molar-refractivity contribution < 1.29 is 38.6 Å². The van der Waals surface area contributed by atoms with Crippen LogP contribution < -0.4 is 15.4 Å². The number of nitrogens with one attached hydrogen (secondary N) is 2. The molecule has 0 aliphatic carbocycles. The number of nitrogens with zero attached hydrogens (tertiary/aromatic N) is 1. The molecule has 0 saturated carbocycles. The fourth-order valence-electron chi connectivity index (χ4n) is 3.10. The van der Waals surface area contributed by atoms with Gasteiger partial charge in [0.15, 0.2) is 0 Å². The maximum Gasteiger partial charge on any atom is 0.335 e. The molecule has 4 N–H and O–H groups in total. The summed E-state index contributed by atoms with van der Waals surface area (Å²) >= 11 is 0. The number of benzene rings is 3. The largest absolute Gasteiger partial charge is 0.507 e. The van der Waals surface area contributed by atoms with Crippen molar-refractivity contribution in [2.75, 3.05) is 10.6 Å². The molecule has 0 aliphatic heterocycles. The summed E-state index contributed by atoms with van der Waals surface area (Å²) in [6.45, 7) is 3.45. The van der Waals surface area contributed by atoms with Gasteiger partial charge in [0.2, 0.25) is 0 Å². The van der Waals surface area contributed by atoms with Crippen molar-refractivity contribution in [1.82, 2.24) is 0 Å². The zero-order valence-corrected chi connectivity index (χ0v) is 18.9. The van der Waals surface area contributed by atoms with E-state index in [2.05, 4.69) is 10.6 Å². The first-order valence-corrected chi connectivity index (χ1v) is 10.4. The predicted molar refractivity (Wildman–Crippen MR) is 126 cm³/mol. The number of ether oxygens (including phenoxy) is 1. The number of carboxylic acid groups (broad SMARTS) is 1. The molecule has 0 saturated heterocycles. The lowest BCUT2D eigenvalue weighted by molar-refractivity contribution is -0.385. The number of hydrogen-bond donors (Lipinski definition) is 4. The number of carbonyl (C=O) groups excluding carboxylic acids is 2. The van der Waals surface area contributed by atoms with Gasteiger partial charge in [0.05, 0.1) is 39.5 Å². The number of phenolic OH excluding ortho intramolecular Hbond substituents is 1. The highest BCUT2D eigenvalue weighted by molar-refractivity contribution is 6.08. The molecule has 0 spiro atoms. The summed E-state index contributed by atoms with van der Waals surface area (Å²) in [7, 11) is 0. The number of nitro groups is 1. The van der Waals surface area contributed by atoms with Crippen LogP contribution in [0.3, 0.4) is 0 Å². The van der Waals surface area contributed by atoms with Gasteiger partial charge >= 0.3 is 5.97 Å². The van der Waals surface area contributed by atoms with Crippen molar-refractivity contribution in [2.45, 2.75) is 20.0 Å². The summed E-state index contributed by atoms with van der Waals surface area (Å²) in [6, 6.07) is 9.99. The molecule has 0 radical (unpaired) electrons. The predicted octanol–water partition coefficient (Wildman–Crippen LogP) is 4.43. The smallest absolute Gasteiger partial charge is 0.335 e. The molecule has 0 atom stereocenters. The third-order valence-corrected chi connectivity index (χ3v) is 4.75. The minimum absolute atomic E-state index is 0.0291. The summed E-state index contributed by atoms with van der Waals surface area (Å²) < 4.78 is 19.7. The van der Waals surface area contributed by atoms with Gasteiger partial charge in [0, 0.05) is 17.8 Å². The number of aromatic hydroxyl groups is 1. The second-order valence-electron chi connectivity index (χ2n) is 7.74. The fraction of sp³-hybridized carbons (Fsp3) is 0.125. The van der Waals surface area contributed by atoms with Crippen LogP contribution in [-0.4, -0.2) is 39.0 Å². The first kappa shape index (κ1) is 25.6. The van der Waals surface area contributed by atoms with E-state index >= 15 is 0 Å². The highest BCUT2D eigenvalue weighted by Gasteiger charge is 2.19. The van der Waals surface area contributed by atoms with Gasteiger partial charge in [0.1, 0.15) is 17.3 Å².